The molecule has 2 aliphatic rings. The molecule has 30 heavy (non-hydrogen) atoms. The number of carboxylic acids is 1. The van der Waals surface area contributed by atoms with Crippen molar-refractivity contribution in [3.63, 3.8) is 0 Å². The minimum atomic E-state index is -1.08. The van der Waals surface area contributed by atoms with Crippen LogP contribution in [0, 0.1) is 0 Å². The van der Waals surface area contributed by atoms with E-state index in [0.29, 0.717) is 21.6 Å². The van der Waals surface area contributed by atoms with Crippen molar-refractivity contribution in [3.05, 3.63) is 91.2 Å². The number of thiophene rings is 1. The van der Waals surface area contributed by atoms with Crippen molar-refractivity contribution in [1.29, 1.82) is 0 Å². The van der Waals surface area contributed by atoms with E-state index in [1.165, 1.54) is 12.1 Å². The molecule has 2 aromatic carbocycles. The molecule has 5 rings (SSSR count). The molecule has 0 saturated heterocycles. The molecular formula is C23H14O6S. The molecule has 1 unspecified atom stereocenters. The molecule has 148 valence electrons. The number of fused-ring (bicyclic) bond motifs is 5. The van der Waals surface area contributed by atoms with Crippen LogP contribution in [0.25, 0.3) is 0 Å². The molecule has 0 saturated carbocycles. The molecule has 2 aliphatic carbocycles. The van der Waals surface area contributed by atoms with Crippen LogP contribution in [0.15, 0.2) is 42.5 Å². The second-order valence-corrected chi connectivity index (χ2v) is 8.35. The van der Waals surface area contributed by atoms with Crippen LogP contribution >= 0.6 is 11.3 Å². The number of carbonyl (C=O) groups is 4. The number of rotatable bonds is 3. The van der Waals surface area contributed by atoms with Gasteiger partial charge in [-0.2, -0.15) is 0 Å². The molecule has 1 atom stereocenters. The summed E-state index contributed by atoms with van der Waals surface area (Å²) in [5, 5.41) is 19.7. The Balaban J connectivity index is 1.66. The highest BCUT2D eigenvalue weighted by atomic mass is 32.1. The number of aliphatic carboxylic acids is 1. The van der Waals surface area contributed by atoms with E-state index in [9.17, 15) is 24.3 Å². The molecule has 1 heterocycles. The Labute approximate surface area is 174 Å². The summed E-state index contributed by atoms with van der Waals surface area (Å²) < 4.78 is 0. The molecule has 6 nitrogen and oxygen atoms in total. The van der Waals surface area contributed by atoms with Crippen LogP contribution in [0.2, 0.25) is 0 Å². The molecule has 0 aliphatic heterocycles. The van der Waals surface area contributed by atoms with Crippen LogP contribution in [-0.2, 0) is 11.2 Å². The number of aliphatic hydroxyl groups excluding tert-OH is 1. The first-order valence-corrected chi connectivity index (χ1v) is 10.1. The first-order valence-electron chi connectivity index (χ1n) is 9.31. The van der Waals surface area contributed by atoms with Gasteiger partial charge in [0.1, 0.15) is 6.10 Å². The quantitative estimate of drug-likeness (QED) is 0.529. The van der Waals surface area contributed by atoms with Crippen LogP contribution in [0.4, 0.5) is 0 Å². The third kappa shape index (κ3) is 2.52. The number of hydrogen-bond donors (Lipinski definition) is 2. The van der Waals surface area contributed by atoms with Gasteiger partial charge >= 0.3 is 5.97 Å². The predicted octanol–water partition coefficient (Wildman–Crippen LogP) is 3.17. The highest BCUT2D eigenvalue weighted by Crippen LogP contribution is 2.45. The van der Waals surface area contributed by atoms with Crippen molar-refractivity contribution in [1.82, 2.24) is 0 Å². The second kappa shape index (κ2) is 6.55. The number of carboxylic acid groups (broad SMARTS) is 1. The highest BCUT2D eigenvalue weighted by molar-refractivity contribution is 7.15. The lowest BCUT2D eigenvalue weighted by atomic mass is 9.80. The van der Waals surface area contributed by atoms with Gasteiger partial charge in [0.25, 0.3) is 0 Å². The lowest BCUT2D eigenvalue weighted by Crippen LogP contribution is -2.24. The van der Waals surface area contributed by atoms with E-state index in [-0.39, 0.29) is 51.5 Å². The van der Waals surface area contributed by atoms with E-state index in [0.717, 1.165) is 11.3 Å². The summed E-state index contributed by atoms with van der Waals surface area (Å²) in [5.74, 6) is -2.15. The lowest BCUT2D eigenvalue weighted by molar-refractivity contribution is -0.136. The number of hydrogen-bond acceptors (Lipinski definition) is 6. The van der Waals surface area contributed by atoms with Crippen LogP contribution in [0.5, 0.6) is 0 Å². The van der Waals surface area contributed by atoms with Gasteiger partial charge in [-0.05, 0) is 29.7 Å². The molecule has 0 radical (unpaired) electrons. The number of carbonyl (C=O) groups excluding carboxylic acids is 3. The third-order valence-electron chi connectivity index (χ3n) is 5.54. The Bertz CT molecular complexity index is 1300. The summed E-state index contributed by atoms with van der Waals surface area (Å²) in [7, 11) is 0. The normalized spacial score (nSPS) is 16.6. The lowest BCUT2D eigenvalue weighted by Gasteiger charge is -2.21. The Morgan fingerprint density at radius 3 is 2.40 bits per heavy atom. The summed E-state index contributed by atoms with van der Waals surface area (Å²) in [5.41, 5.74) is 1.94. The molecule has 0 fully saturated rings. The van der Waals surface area contributed by atoms with Crippen LogP contribution < -0.4 is 0 Å². The van der Waals surface area contributed by atoms with Gasteiger partial charge in [-0.3, -0.25) is 19.2 Å². The zero-order chi connectivity index (χ0) is 21.2. The van der Waals surface area contributed by atoms with Crippen molar-refractivity contribution >= 4 is 34.7 Å². The number of aliphatic hydroxyl groups is 1. The topological polar surface area (TPSA) is 109 Å². The fraction of sp³-hybridized carbons (Fsp3) is 0.130. The summed E-state index contributed by atoms with van der Waals surface area (Å²) in [6, 6.07) is 11.4. The maximum atomic E-state index is 13.3. The van der Waals surface area contributed by atoms with Gasteiger partial charge in [-0.25, -0.2) is 0 Å². The number of ketones is 3. The monoisotopic (exact) mass is 418 g/mol. The fourth-order valence-corrected chi connectivity index (χ4v) is 5.36. The Hall–Kier alpha value is -3.42. The van der Waals surface area contributed by atoms with Crippen molar-refractivity contribution in [2.45, 2.75) is 18.9 Å². The predicted molar refractivity (Wildman–Crippen MR) is 108 cm³/mol. The maximum Gasteiger partial charge on any atom is 0.303 e. The molecule has 0 spiro atoms. The fourth-order valence-electron chi connectivity index (χ4n) is 4.10. The van der Waals surface area contributed by atoms with Crippen molar-refractivity contribution in [2.24, 2.45) is 0 Å². The van der Waals surface area contributed by atoms with Gasteiger partial charge in [0.2, 0.25) is 5.78 Å². The summed E-state index contributed by atoms with van der Waals surface area (Å²) in [6.45, 7) is 0. The van der Waals surface area contributed by atoms with Crippen molar-refractivity contribution < 1.29 is 29.4 Å². The molecular weight excluding hydrogens is 404 g/mol. The molecule has 2 N–H and O–H groups in total. The minimum Gasteiger partial charge on any atom is -0.481 e. The van der Waals surface area contributed by atoms with Crippen LogP contribution in [0.1, 0.15) is 75.6 Å². The molecule has 3 aromatic rings. The Morgan fingerprint density at radius 2 is 1.63 bits per heavy atom. The summed E-state index contributed by atoms with van der Waals surface area (Å²) in [4.78, 5) is 50.9. The molecule has 7 heteroatoms. The van der Waals surface area contributed by atoms with Gasteiger partial charge in [0.15, 0.2) is 11.6 Å². The van der Waals surface area contributed by atoms with Crippen LogP contribution in [0.3, 0.4) is 0 Å². The molecule has 0 amide bonds. The van der Waals surface area contributed by atoms with Crippen molar-refractivity contribution in [2.75, 3.05) is 0 Å². The third-order valence-corrected chi connectivity index (χ3v) is 6.79. The number of aryl methyl sites for hydroxylation is 1. The van der Waals surface area contributed by atoms with Gasteiger partial charge in [-0.15, -0.1) is 11.3 Å². The standard InChI is InChI=1S/C23H14O6S/c24-15(25)8-6-10-5-7-13-14(9-10)19(27)17-16-18(26)11-3-1-2-4-12(11)20(28)22(16)30-23(17)21(13)29/h1-5,7,9,20,28H,6,8H2,(H,24,25). The average Bonchev–Trinajstić information content (AvgIpc) is 3.16. The zero-order valence-corrected chi connectivity index (χ0v) is 16.3. The number of benzene rings is 2. The first-order chi connectivity index (χ1) is 14.4. The average molecular weight is 418 g/mol. The van der Waals surface area contributed by atoms with E-state index >= 15 is 0 Å². The van der Waals surface area contributed by atoms with E-state index in [1.807, 2.05) is 0 Å². The Morgan fingerprint density at radius 1 is 0.900 bits per heavy atom. The summed E-state index contributed by atoms with van der Waals surface area (Å²) >= 11 is 0.988. The van der Waals surface area contributed by atoms with Crippen LogP contribution in [-0.4, -0.2) is 33.5 Å². The minimum absolute atomic E-state index is 0.0430. The molecule has 0 bridgehead atoms. The van der Waals surface area contributed by atoms with E-state index in [4.69, 9.17) is 5.11 Å². The maximum absolute atomic E-state index is 13.3. The second-order valence-electron chi connectivity index (χ2n) is 7.30. The first kappa shape index (κ1) is 18.6. The van der Waals surface area contributed by atoms with E-state index < -0.39 is 17.9 Å². The van der Waals surface area contributed by atoms with Crippen molar-refractivity contribution in [3.8, 4) is 0 Å². The Kier molecular flexibility index (Phi) is 4.06. The zero-order valence-electron chi connectivity index (χ0n) is 15.5. The highest BCUT2D eigenvalue weighted by Gasteiger charge is 2.42. The molecule has 1 aromatic heterocycles. The van der Waals surface area contributed by atoms with Gasteiger partial charge < -0.3 is 10.2 Å². The van der Waals surface area contributed by atoms with E-state index in [2.05, 4.69) is 0 Å². The summed E-state index contributed by atoms with van der Waals surface area (Å²) in [6.07, 6.45) is -0.954. The van der Waals surface area contributed by atoms with E-state index in [1.54, 1.807) is 30.3 Å². The van der Waals surface area contributed by atoms with Gasteiger partial charge in [-0.1, -0.05) is 30.3 Å². The largest absolute Gasteiger partial charge is 0.481 e. The smallest absolute Gasteiger partial charge is 0.303 e. The van der Waals surface area contributed by atoms with Gasteiger partial charge in [0.05, 0.1) is 20.9 Å². The van der Waals surface area contributed by atoms with Gasteiger partial charge in [0, 0.05) is 23.1 Å². The SMILES string of the molecule is O=C(O)CCc1ccc2c(c1)C(=O)c1c(sc3c1C(=O)c1ccccc1C3O)C2=O.